The minimum absolute atomic E-state index is 0.0167. The molecule has 1 heterocycles. The second-order valence-electron chi connectivity index (χ2n) is 4.51. The summed E-state index contributed by atoms with van der Waals surface area (Å²) in [7, 11) is 0. The Morgan fingerprint density at radius 2 is 2.00 bits per heavy atom. The molecule has 0 spiro atoms. The van der Waals surface area contributed by atoms with Gasteiger partial charge in [0.25, 0.3) is 5.69 Å². The fourth-order valence-electron chi connectivity index (χ4n) is 1.99. The first-order chi connectivity index (χ1) is 11.1. The van der Waals surface area contributed by atoms with Crippen molar-refractivity contribution in [1.82, 2.24) is 9.78 Å². The Hall–Kier alpha value is -2.52. The standard InChI is InChI=1S/C14H10BrN5O2S/c15-10-3-1-2-9(8-10)13-18-19(14(17-16)23-13)11-4-6-12(7-5-11)20(21)22/h1-8H,16H2/b17-14-. The van der Waals surface area contributed by atoms with Crippen LogP contribution in [0.4, 0.5) is 5.69 Å². The highest BCUT2D eigenvalue weighted by Gasteiger charge is 2.11. The quantitative estimate of drug-likeness (QED) is 0.421. The smallest absolute Gasteiger partial charge is 0.269 e. The molecule has 0 fully saturated rings. The lowest BCUT2D eigenvalue weighted by atomic mass is 10.2. The number of nitrogens with zero attached hydrogens (tertiary/aromatic N) is 4. The molecule has 1 aromatic heterocycles. The van der Waals surface area contributed by atoms with E-state index >= 15 is 0 Å². The van der Waals surface area contributed by atoms with Crippen molar-refractivity contribution in [3.8, 4) is 16.3 Å². The molecule has 2 N–H and O–H groups in total. The summed E-state index contributed by atoms with van der Waals surface area (Å²) < 4.78 is 2.50. The van der Waals surface area contributed by atoms with Crippen LogP contribution in [0.3, 0.4) is 0 Å². The monoisotopic (exact) mass is 391 g/mol. The fraction of sp³-hybridized carbons (Fsp3) is 0. The summed E-state index contributed by atoms with van der Waals surface area (Å²) in [6, 6.07) is 13.8. The van der Waals surface area contributed by atoms with E-state index in [1.807, 2.05) is 24.3 Å². The van der Waals surface area contributed by atoms with Crippen LogP contribution in [-0.2, 0) is 0 Å². The van der Waals surface area contributed by atoms with Crippen LogP contribution in [-0.4, -0.2) is 14.7 Å². The Labute approximate surface area is 143 Å². The number of rotatable bonds is 3. The normalized spacial score (nSPS) is 11.6. The number of hydrogen-bond donors (Lipinski definition) is 1. The van der Waals surface area contributed by atoms with Crippen molar-refractivity contribution in [2.75, 3.05) is 0 Å². The Morgan fingerprint density at radius 1 is 1.26 bits per heavy atom. The first-order valence-electron chi connectivity index (χ1n) is 6.43. The Kier molecular flexibility index (Phi) is 4.22. The molecule has 116 valence electrons. The Balaban J connectivity index is 2.08. The molecule has 0 aliphatic carbocycles. The van der Waals surface area contributed by atoms with Crippen molar-refractivity contribution in [3.05, 3.63) is 67.9 Å². The van der Waals surface area contributed by atoms with E-state index in [0.29, 0.717) is 10.5 Å². The maximum absolute atomic E-state index is 10.7. The number of nitro benzene ring substituents is 1. The lowest BCUT2D eigenvalue weighted by molar-refractivity contribution is -0.384. The molecule has 0 bridgehead atoms. The summed E-state index contributed by atoms with van der Waals surface area (Å²) in [4.78, 5) is 10.8. The molecular formula is C14H10BrN5O2S. The van der Waals surface area contributed by atoms with E-state index in [-0.39, 0.29) is 5.69 Å². The van der Waals surface area contributed by atoms with Gasteiger partial charge in [-0.15, -0.1) is 0 Å². The molecule has 7 nitrogen and oxygen atoms in total. The number of non-ortho nitro benzene ring substituents is 1. The highest BCUT2D eigenvalue weighted by Crippen LogP contribution is 2.24. The lowest BCUT2D eigenvalue weighted by Gasteiger charge is -2.00. The zero-order valence-corrected chi connectivity index (χ0v) is 14.0. The average Bonchev–Trinajstić information content (AvgIpc) is 2.99. The van der Waals surface area contributed by atoms with Crippen LogP contribution in [0.25, 0.3) is 16.3 Å². The van der Waals surface area contributed by atoms with E-state index in [1.54, 1.807) is 16.8 Å². The molecule has 0 radical (unpaired) electrons. The lowest BCUT2D eigenvalue weighted by Crippen LogP contribution is -2.16. The third-order valence-corrected chi connectivity index (χ3v) is 4.51. The topological polar surface area (TPSA) is 99.3 Å². The predicted molar refractivity (Wildman–Crippen MR) is 91.0 cm³/mol. The summed E-state index contributed by atoms with van der Waals surface area (Å²) >= 11 is 4.76. The van der Waals surface area contributed by atoms with E-state index < -0.39 is 4.92 Å². The Bertz CT molecular complexity index is 933. The SMILES string of the molecule is N/N=c1\sc(-c2cccc(Br)c2)nn1-c1ccc([N+](=O)[O-])cc1. The van der Waals surface area contributed by atoms with Crippen molar-refractivity contribution in [3.63, 3.8) is 0 Å². The van der Waals surface area contributed by atoms with Gasteiger partial charge in [0.15, 0.2) is 0 Å². The summed E-state index contributed by atoms with van der Waals surface area (Å²) in [6.45, 7) is 0. The van der Waals surface area contributed by atoms with Crippen LogP contribution in [0.1, 0.15) is 0 Å². The third-order valence-electron chi connectivity index (χ3n) is 3.05. The van der Waals surface area contributed by atoms with E-state index in [2.05, 4.69) is 26.1 Å². The van der Waals surface area contributed by atoms with Crippen molar-refractivity contribution in [2.45, 2.75) is 0 Å². The van der Waals surface area contributed by atoms with Crippen molar-refractivity contribution in [1.29, 1.82) is 0 Å². The average molecular weight is 392 g/mol. The molecule has 0 amide bonds. The van der Waals surface area contributed by atoms with Gasteiger partial charge in [-0.2, -0.15) is 10.2 Å². The molecule has 0 unspecified atom stereocenters. The van der Waals surface area contributed by atoms with Gasteiger partial charge in [-0.1, -0.05) is 39.4 Å². The molecule has 3 aromatic rings. The van der Waals surface area contributed by atoms with E-state index in [0.717, 1.165) is 15.0 Å². The number of nitro groups is 1. The van der Waals surface area contributed by atoms with Gasteiger partial charge < -0.3 is 5.84 Å². The molecule has 2 aromatic carbocycles. The predicted octanol–water partition coefficient (Wildman–Crippen LogP) is 3.05. The summed E-state index contributed by atoms with van der Waals surface area (Å²) in [5, 5.41) is 19.7. The van der Waals surface area contributed by atoms with E-state index in [4.69, 9.17) is 5.84 Å². The van der Waals surface area contributed by atoms with E-state index in [1.165, 1.54) is 23.5 Å². The fourth-order valence-corrected chi connectivity index (χ4v) is 3.21. The zero-order chi connectivity index (χ0) is 16.4. The summed E-state index contributed by atoms with van der Waals surface area (Å²) in [5.41, 5.74) is 1.59. The molecular weight excluding hydrogens is 382 g/mol. The molecule has 3 rings (SSSR count). The van der Waals surface area contributed by atoms with Gasteiger partial charge in [-0.3, -0.25) is 10.1 Å². The number of halogens is 1. The molecule has 23 heavy (non-hydrogen) atoms. The van der Waals surface area contributed by atoms with Gasteiger partial charge in [0.05, 0.1) is 10.6 Å². The van der Waals surface area contributed by atoms with Gasteiger partial charge in [-0.25, -0.2) is 4.68 Å². The van der Waals surface area contributed by atoms with Crippen LogP contribution in [0.5, 0.6) is 0 Å². The van der Waals surface area contributed by atoms with E-state index in [9.17, 15) is 10.1 Å². The molecule has 0 aliphatic heterocycles. The van der Waals surface area contributed by atoms with Crippen molar-refractivity contribution >= 4 is 33.0 Å². The zero-order valence-electron chi connectivity index (χ0n) is 11.6. The molecule has 0 saturated heterocycles. The molecule has 9 heteroatoms. The summed E-state index contributed by atoms with van der Waals surface area (Å²) in [6.07, 6.45) is 0. The van der Waals surface area contributed by atoms with Crippen molar-refractivity contribution in [2.24, 2.45) is 10.9 Å². The first-order valence-corrected chi connectivity index (χ1v) is 8.04. The van der Waals surface area contributed by atoms with Gasteiger partial charge in [0.2, 0.25) is 4.80 Å². The number of aromatic nitrogens is 2. The highest BCUT2D eigenvalue weighted by atomic mass is 79.9. The Morgan fingerprint density at radius 3 is 2.61 bits per heavy atom. The van der Waals surface area contributed by atoms with Crippen LogP contribution < -0.4 is 10.6 Å². The number of hydrogen-bond acceptors (Lipinski definition) is 6. The minimum Gasteiger partial charge on any atom is -0.320 e. The molecule has 0 aliphatic rings. The maximum Gasteiger partial charge on any atom is 0.269 e. The maximum atomic E-state index is 10.7. The van der Waals surface area contributed by atoms with Crippen LogP contribution in [0.2, 0.25) is 0 Å². The second-order valence-corrected chi connectivity index (χ2v) is 6.39. The van der Waals surface area contributed by atoms with Gasteiger partial charge in [-0.05, 0) is 24.3 Å². The van der Waals surface area contributed by atoms with Gasteiger partial charge in [0, 0.05) is 22.2 Å². The molecule has 0 atom stereocenters. The van der Waals surface area contributed by atoms with Gasteiger partial charge >= 0.3 is 0 Å². The summed E-state index contributed by atoms with van der Waals surface area (Å²) in [5.74, 6) is 5.44. The first kappa shape index (κ1) is 15.4. The number of benzene rings is 2. The molecule has 0 saturated carbocycles. The van der Waals surface area contributed by atoms with Gasteiger partial charge in [0.1, 0.15) is 5.01 Å². The van der Waals surface area contributed by atoms with Crippen LogP contribution in [0.15, 0.2) is 58.1 Å². The third kappa shape index (κ3) is 3.15. The number of nitrogens with two attached hydrogens (primary N) is 1. The second kappa shape index (κ2) is 6.31. The minimum atomic E-state index is -0.448. The van der Waals surface area contributed by atoms with Crippen LogP contribution >= 0.6 is 27.3 Å². The van der Waals surface area contributed by atoms with Crippen LogP contribution in [0, 0.1) is 10.1 Å². The largest absolute Gasteiger partial charge is 0.320 e. The van der Waals surface area contributed by atoms with Crippen molar-refractivity contribution < 1.29 is 4.92 Å². The highest BCUT2D eigenvalue weighted by molar-refractivity contribution is 9.10.